The highest BCUT2D eigenvalue weighted by atomic mass is 32.2. The molecule has 0 aliphatic heterocycles. The number of aromatic carboxylic acids is 1. The van der Waals surface area contributed by atoms with Crippen LogP contribution in [0.25, 0.3) is 0 Å². The highest BCUT2D eigenvalue weighted by Crippen LogP contribution is 2.06. The van der Waals surface area contributed by atoms with Crippen LogP contribution < -0.4 is 0 Å². The van der Waals surface area contributed by atoms with Gasteiger partial charge >= 0.3 is 5.97 Å². The Morgan fingerprint density at radius 3 is 2.93 bits per heavy atom. The molecule has 0 aromatic carbocycles. The normalized spacial score (nSPS) is 10.4. The minimum absolute atomic E-state index is 0.300. The van der Waals surface area contributed by atoms with Gasteiger partial charge in [-0.1, -0.05) is 0 Å². The summed E-state index contributed by atoms with van der Waals surface area (Å²) in [5.74, 6) is 0.167. The van der Waals surface area contributed by atoms with Crippen LogP contribution in [-0.2, 0) is 6.54 Å². The lowest BCUT2D eigenvalue weighted by Gasteiger charge is -1.98. The van der Waals surface area contributed by atoms with Crippen molar-refractivity contribution in [3.63, 3.8) is 0 Å². The van der Waals surface area contributed by atoms with Crippen LogP contribution in [-0.4, -0.2) is 32.9 Å². The second kappa shape index (κ2) is 5.05. The number of hydrogen-bond acceptors (Lipinski definition) is 3. The molecule has 1 aromatic rings. The molecule has 0 fully saturated rings. The van der Waals surface area contributed by atoms with Crippen molar-refractivity contribution in [3.05, 3.63) is 17.5 Å². The van der Waals surface area contributed by atoms with Crippen molar-refractivity contribution in [2.45, 2.75) is 19.9 Å². The van der Waals surface area contributed by atoms with Gasteiger partial charge in [-0.15, -0.1) is 0 Å². The molecule has 1 rings (SSSR count). The fraction of sp³-hybridized carbons (Fsp3) is 0.556. The summed E-state index contributed by atoms with van der Waals surface area (Å²) in [4.78, 5) is 10.7. The van der Waals surface area contributed by atoms with Crippen molar-refractivity contribution in [3.8, 4) is 0 Å². The minimum atomic E-state index is -0.904. The number of nitrogens with zero attached hydrogens (tertiary/aromatic N) is 2. The molecule has 0 amide bonds. The van der Waals surface area contributed by atoms with E-state index in [-0.39, 0.29) is 0 Å². The summed E-state index contributed by atoms with van der Waals surface area (Å²) in [6.07, 6.45) is 4.66. The lowest BCUT2D eigenvalue weighted by atomic mass is 10.3. The summed E-state index contributed by atoms with van der Waals surface area (Å²) in [7, 11) is 0. The molecule has 0 atom stereocenters. The van der Waals surface area contributed by atoms with E-state index < -0.39 is 5.97 Å². The third kappa shape index (κ3) is 2.77. The van der Waals surface area contributed by atoms with E-state index in [2.05, 4.69) is 11.4 Å². The van der Waals surface area contributed by atoms with Crippen LogP contribution in [0.3, 0.4) is 0 Å². The van der Waals surface area contributed by atoms with Gasteiger partial charge in [0, 0.05) is 12.7 Å². The van der Waals surface area contributed by atoms with E-state index in [9.17, 15) is 4.79 Å². The summed E-state index contributed by atoms with van der Waals surface area (Å²) in [5, 5.41) is 12.9. The first kappa shape index (κ1) is 11.1. The number of carboxylic acids is 1. The van der Waals surface area contributed by atoms with E-state index in [1.165, 1.54) is 0 Å². The predicted molar refractivity (Wildman–Crippen MR) is 56.9 cm³/mol. The maximum absolute atomic E-state index is 10.7. The average molecular weight is 214 g/mol. The van der Waals surface area contributed by atoms with Gasteiger partial charge in [-0.2, -0.15) is 16.9 Å². The predicted octanol–water partition coefficient (Wildman–Crippen LogP) is 1.64. The van der Waals surface area contributed by atoms with E-state index in [1.54, 1.807) is 29.6 Å². The topological polar surface area (TPSA) is 55.1 Å². The maximum Gasteiger partial charge on any atom is 0.339 e. The number of carboxylic acid groups (broad SMARTS) is 1. The molecule has 0 spiro atoms. The smallest absolute Gasteiger partial charge is 0.339 e. The lowest BCUT2D eigenvalue weighted by Crippen LogP contribution is -1.99. The van der Waals surface area contributed by atoms with Crippen molar-refractivity contribution >= 4 is 17.7 Å². The highest BCUT2D eigenvalue weighted by Gasteiger charge is 2.10. The zero-order valence-corrected chi connectivity index (χ0v) is 9.17. The second-order valence-corrected chi connectivity index (χ2v) is 4.03. The molecule has 0 radical (unpaired) electrons. The number of carbonyl (C=O) groups is 1. The Balaban J connectivity index is 2.62. The van der Waals surface area contributed by atoms with Gasteiger partial charge in [0.15, 0.2) is 0 Å². The van der Waals surface area contributed by atoms with Crippen LogP contribution in [0.1, 0.15) is 22.5 Å². The van der Waals surface area contributed by atoms with E-state index in [0.717, 1.165) is 18.7 Å². The van der Waals surface area contributed by atoms with Gasteiger partial charge in [-0.25, -0.2) is 4.79 Å². The number of hydrogen-bond donors (Lipinski definition) is 1. The van der Waals surface area contributed by atoms with Gasteiger partial charge in [0.1, 0.15) is 5.56 Å². The monoisotopic (exact) mass is 214 g/mol. The minimum Gasteiger partial charge on any atom is -0.478 e. The Bertz CT molecular complexity index is 323. The van der Waals surface area contributed by atoms with Crippen molar-refractivity contribution in [2.75, 3.05) is 12.0 Å². The standard InChI is InChI=1S/C9H14N2O2S/c1-7-8(9(12)13)6-11(10-7)4-3-5-14-2/h6H,3-5H2,1-2H3,(H,12,13). The SMILES string of the molecule is CSCCCn1cc(C(=O)O)c(C)n1. The van der Waals surface area contributed by atoms with E-state index >= 15 is 0 Å². The Kier molecular flexibility index (Phi) is 4.00. The molecule has 5 heteroatoms. The van der Waals surface area contributed by atoms with Crippen LogP contribution in [0.2, 0.25) is 0 Å². The number of aryl methyl sites for hydroxylation is 2. The van der Waals surface area contributed by atoms with Crippen molar-refractivity contribution < 1.29 is 9.90 Å². The molecular weight excluding hydrogens is 200 g/mol. The van der Waals surface area contributed by atoms with Gasteiger partial charge < -0.3 is 5.11 Å². The summed E-state index contributed by atoms with van der Waals surface area (Å²) in [6.45, 7) is 2.50. The molecule has 0 aliphatic carbocycles. The molecule has 0 aliphatic rings. The lowest BCUT2D eigenvalue weighted by molar-refractivity contribution is 0.0696. The molecule has 0 unspecified atom stereocenters. The third-order valence-corrected chi connectivity index (χ3v) is 2.61. The van der Waals surface area contributed by atoms with Gasteiger partial charge in [0.2, 0.25) is 0 Å². The van der Waals surface area contributed by atoms with E-state index in [0.29, 0.717) is 11.3 Å². The number of rotatable bonds is 5. The average Bonchev–Trinajstić information content (AvgIpc) is 2.47. The molecule has 1 aromatic heterocycles. The van der Waals surface area contributed by atoms with Crippen molar-refractivity contribution in [1.29, 1.82) is 0 Å². The molecule has 0 saturated heterocycles. The maximum atomic E-state index is 10.7. The summed E-state index contributed by atoms with van der Waals surface area (Å²) < 4.78 is 1.70. The Hall–Kier alpha value is -0.970. The highest BCUT2D eigenvalue weighted by molar-refractivity contribution is 7.98. The summed E-state index contributed by atoms with van der Waals surface area (Å²) in [5.41, 5.74) is 0.885. The Morgan fingerprint density at radius 2 is 2.43 bits per heavy atom. The molecule has 4 nitrogen and oxygen atoms in total. The Morgan fingerprint density at radius 1 is 1.71 bits per heavy atom. The van der Waals surface area contributed by atoms with Gasteiger partial charge in [0.05, 0.1) is 5.69 Å². The van der Waals surface area contributed by atoms with Gasteiger partial charge in [0.25, 0.3) is 0 Å². The number of aromatic nitrogens is 2. The molecule has 1 heterocycles. The fourth-order valence-corrected chi connectivity index (χ4v) is 1.63. The van der Waals surface area contributed by atoms with E-state index in [4.69, 9.17) is 5.11 Å². The van der Waals surface area contributed by atoms with Crippen molar-refractivity contribution in [2.24, 2.45) is 0 Å². The molecular formula is C9H14N2O2S. The van der Waals surface area contributed by atoms with Crippen molar-refractivity contribution in [1.82, 2.24) is 9.78 Å². The zero-order chi connectivity index (χ0) is 10.6. The zero-order valence-electron chi connectivity index (χ0n) is 8.36. The van der Waals surface area contributed by atoms with E-state index in [1.807, 2.05) is 0 Å². The first-order valence-electron chi connectivity index (χ1n) is 4.41. The third-order valence-electron chi connectivity index (χ3n) is 1.91. The summed E-state index contributed by atoms with van der Waals surface area (Å²) >= 11 is 1.78. The van der Waals surface area contributed by atoms with Crippen LogP contribution >= 0.6 is 11.8 Å². The second-order valence-electron chi connectivity index (χ2n) is 3.04. The first-order valence-corrected chi connectivity index (χ1v) is 5.81. The Labute approximate surface area is 87.3 Å². The van der Waals surface area contributed by atoms with Gasteiger partial charge in [-0.3, -0.25) is 4.68 Å². The van der Waals surface area contributed by atoms with Crippen LogP contribution in [0.5, 0.6) is 0 Å². The molecule has 14 heavy (non-hydrogen) atoms. The first-order chi connectivity index (χ1) is 6.65. The fourth-order valence-electron chi connectivity index (χ4n) is 1.21. The molecule has 0 saturated carbocycles. The largest absolute Gasteiger partial charge is 0.478 e. The quantitative estimate of drug-likeness (QED) is 0.757. The van der Waals surface area contributed by atoms with Crippen LogP contribution in [0.4, 0.5) is 0 Å². The van der Waals surface area contributed by atoms with Gasteiger partial charge in [-0.05, 0) is 25.4 Å². The van der Waals surface area contributed by atoms with Crippen LogP contribution in [0, 0.1) is 6.92 Å². The molecule has 0 bridgehead atoms. The molecule has 78 valence electrons. The van der Waals surface area contributed by atoms with Crippen LogP contribution in [0.15, 0.2) is 6.20 Å². The number of thioether (sulfide) groups is 1. The summed E-state index contributed by atoms with van der Waals surface area (Å²) in [6, 6.07) is 0. The molecule has 1 N–H and O–H groups in total.